The van der Waals surface area contributed by atoms with E-state index in [0.29, 0.717) is 18.1 Å². The van der Waals surface area contributed by atoms with E-state index < -0.39 is 0 Å². The number of nitrogens with zero attached hydrogens (tertiary/aromatic N) is 3. The third-order valence-electron chi connectivity index (χ3n) is 5.63. The van der Waals surface area contributed by atoms with E-state index in [9.17, 15) is 5.11 Å². The fourth-order valence-corrected chi connectivity index (χ4v) is 4.76. The highest BCUT2D eigenvalue weighted by Crippen LogP contribution is 2.41. The highest BCUT2D eigenvalue weighted by molar-refractivity contribution is 7.80. The van der Waals surface area contributed by atoms with Crippen LogP contribution in [0.25, 0.3) is 5.69 Å². The first-order chi connectivity index (χ1) is 14.5. The van der Waals surface area contributed by atoms with E-state index in [1.54, 1.807) is 0 Å². The van der Waals surface area contributed by atoms with E-state index >= 15 is 0 Å². The normalized spacial score (nSPS) is 18.7. The summed E-state index contributed by atoms with van der Waals surface area (Å²) in [5.74, 6) is 0. The van der Waals surface area contributed by atoms with Gasteiger partial charge in [-0.25, -0.2) is 0 Å². The summed E-state index contributed by atoms with van der Waals surface area (Å²) < 4.78 is 2.24. The lowest BCUT2D eigenvalue weighted by molar-refractivity contribution is 0.247. The number of rotatable bonds is 6. The van der Waals surface area contributed by atoms with E-state index in [4.69, 9.17) is 23.8 Å². The first-order valence-corrected chi connectivity index (χ1v) is 10.8. The molecule has 0 bridgehead atoms. The number of aliphatic hydroxyl groups excluding tert-OH is 1. The van der Waals surface area contributed by atoms with Gasteiger partial charge in [-0.15, -0.1) is 0 Å². The zero-order chi connectivity index (χ0) is 21.3. The van der Waals surface area contributed by atoms with Gasteiger partial charge in [0, 0.05) is 41.4 Å². The summed E-state index contributed by atoms with van der Waals surface area (Å²) in [6.45, 7) is 5.06. The van der Waals surface area contributed by atoms with Crippen molar-refractivity contribution in [1.29, 1.82) is 0 Å². The Balaban J connectivity index is 1.81. The van der Waals surface area contributed by atoms with Gasteiger partial charge in [-0.1, -0.05) is 17.7 Å². The second-order valence-electron chi connectivity index (χ2n) is 7.54. The monoisotopic (exact) mass is 440 g/mol. The van der Waals surface area contributed by atoms with E-state index in [1.807, 2.05) is 48.7 Å². The van der Waals surface area contributed by atoms with E-state index in [2.05, 4.69) is 39.7 Å². The molecule has 0 aliphatic carbocycles. The third kappa shape index (κ3) is 3.83. The highest BCUT2D eigenvalue weighted by atomic mass is 35.5. The Morgan fingerprint density at radius 3 is 2.60 bits per heavy atom. The van der Waals surface area contributed by atoms with Crippen molar-refractivity contribution in [3.8, 4) is 5.69 Å². The summed E-state index contributed by atoms with van der Waals surface area (Å²) in [5.41, 5.74) is 5.52. The summed E-state index contributed by atoms with van der Waals surface area (Å²) in [5, 5.41) is 14.3. The van der Waals surface area contributed by atoms with Crippen molar-refractivity contribution in [2.75, 3.05) is 13.2 Å². The van der Waals surface area contributed by atoms with Crippen molar-refractivity contribution < 1.29 is 5.11 Å². The predicted molar refractivity (Wildman–Crippen MR) is 124 cm³/mol. The maximum absolute atomic E-state index is 9.41. The van der Waals surface area contributed by atoms with Gasteiger partial charge in [0.05, 0.1) is 17.8 Å². The van der Waals surface area contributed by atoms with Crippen LogP contribution in [0.1, 0.15) is 41.1 Å². The summed E-state index contributed by atoms with van der Waals surface area (Å²) in [6, 6.07) is 16.0. The van der Waals surface area contributed by atoms with Gasteiger partial charge in [0.2, 0.25) is 0 Å². The van der Waals surface area contributed by atoms with Crippen LogP contribution in [0.4, 0.5) is 0 Å². The minimum Gasteiger partial charge on any atom is -0.396 e. The molecule has 2 N–H and O–H groups in total. The maximum Gasteiger partial charge on any atom is 0.170 e. The molecule has 0 spiro atoms. The molecule has 1 aliphatic rings. The van der Waals surface area contributed by atoms with Crippen LogP contribution in [0.5, 0.6) is 0 Å². The lowest BCUT2D eigenvalue weighted by Crippen LogP contribution is -2.31. The van der Waals surface area contributed by atoms with Crippen LogP contribution >= 0.6 is 23.8 Å². The molecule has 5 nitrogen and oxygen atoms in total. The molecule has 7 heteroatoms. The number of pyridine rings is 1. The lowest BCUT2D eigenvalue weighted by Gasteiger charge is -2.28. The molecule has 1 aliphatic heterocycles. The number of benzene rings is 1. The van der Waals surface area contributed by atoms with Crippen LogP contribution < -0.4 is 5.32 Å². The molecule has 0 unspecified atom stereocenters. The number of hydrogen-bond donors (Lipinski definition) is 2. The van der Waals surface area contributed by atoms with E-state index in [1.165, 1.54) is 5.56 Å². The summed E-state index contributed by atoms with van der Waals surface area (Å²) in [6.07, 6.45) is 2.47. The second-order valence-corrected chi connectivity index (χ2v) is 8.36. The summed E-state index contributed by atoms with van der Waals surface area (Å²) >= 11 is 11.8. The van der Waals surface area contributed by atoms with Crippen LogP contribution in [0, 0.1) is 13.8 Å². The van der Waals surface area contributed by atoms with E-state index in [-0.39, 0.29) is 18.7 Å². The van der Waals surface area contributed by atoms with Gasteiger partial charge in [0.1, 0.15) is 0 Å². The van der Waals surface area contributed by atoms with Gasteiger partial charge in [-0.3, -0.25) is 4.98 Å². The van der Waals surface area contributed by atoms with Crippen molar-refractivity contribution in [2.45, 2.75) is 32.4 Å². The second kappa shape index (κ2) is 8.76. The van der Waals surface area contributed by atoms with Crippen LogP contribution in [-0.4, -0.2) is 37.8 Å². The number of hydrogen-bond acceptors (Lipinski definition) is 3. The average Bonchev–Trinajstić information content (AvgIpc) is 3.23. The van der Waals surface area contributed by atoms with Crippen molar-refractivity contribution in [3.63, 3.8) is 0 Å². The molecule has 30 heavy (non-hydrogen) atoms. The van der Waals surface area contributed by atoms with Crippen molar-refractivity contribution in [1.82, 2.24) is 19.8 Å². The zero-order valence-electron chi connectivity index (χ0n) is 17.0. The molecular formula is C23H25ClN4OS. The van der Waals surface area contributed by atoms with Crippen LogP contribution in [0.3, 0.4) is 0 Å². The highest BCUT2D eigenvalue weighted by Gasteiger charge is 2.41. The standard InChI is InChI=1S/C23H25ClN4OS/c1-15-14-19(16(2)28(15)18-9-7-17(24)8-10-18)22-21(20-6-3-4-11-25-20)26-23(30)27(22)12-5-13-29/h3-4,6-11,14,21-22,29H,5,12-13H2,1-2H3,(H,26,30)/t21-,22-/m0/s1. The predicted octanol–water partition coefficient (Wildman–Crippen LogP) is 4.50. The van der Waals surface area contributed by atoms with Gasteiger partial charge in [-0.05, 0) is 80.5 Å². The maximum atomic E-state index is 9.41. The minimum atomic E-state index is -0.0587. The fraction of sp³-hybridized carbons (Fsp3) is 0.304. The molecule has 1 aromatic carbocycles. The molecule has 0 amide bonds. The Bertz CT molecular complexity index is 1040. The van der Waals surface area contributed by atoms with Crippen molar-refractivity contribution in [2.24, 2.45) is 0 Å². The number of aliphatic hydroxyl groups is 1. The lowest BCUT2D eigenvalue weighted by atomic mass is 9.96. The third-order valence-corrected chi connectivity index (χ3v) is 6.23. The van der Waals surface area contributed by atoms with E-state index in [0.717, 1.165) is 27.8 Å². The van der Waals surface area contributed by atoms with Gasteiger partial charge >= 0.3 is 0 Å². The Labute approximate surface area is 187 Å². The van der Waals surface area contributed by atoms with Gasteiger partial charge in [-0.2, -0.15) is 0 Å². The number of aryl methyl sites for hydroxylation is 1. The molecule has 156 valence electrons. The zero-order valence-corrected chi connectivity index (χ0v) is 18.6. The summed E-state index contributed by atoms with van der Waals surface area (Å²) in [7, 11) is 0. The number of nitrogens with one attached hydrogen (secondary N) is 1. The number of aromatic nitrogens is 2. The quantitative estimate of drug-likeness (QED) is 0.553. The Kier molecular flexibility index (Phi) is 6.09. The van der Waals surface area contributed by atoms with Crippen LogP contribution in [0.2, 0.25) is 5.02 Å². The van der Waals surface area contributed by atoms with Gasteiger partial charge < -0.3 is 19.9 Å². The smallest absolute Gasteiger partial charge is 0.170 e. The molecule has 2 aromatic heterocycles. The molecule has 2 atom stereocenters. The molecule has 1 saturated heterocycles. The van der Waals surface area contributed by atoms with Gasteiger partial charge in [0.25, 0.3) is 0 Å². The molecule has 4 rings (SSSR count). The molecule has 3 aromatic rings. The summed E-state index contributed by atoms with van der Waals surface area (Å²) in [4.78, 5) is 6.77. The molecule has 0 radical (unpaired) electrons. The Morgan fingerprint density at radius 1 is 1.17 bits per heavy atom. The molecule has 1 fully saturated rings. The molecule has 0 saturated carbocycles. The molecule has 3 heterocycles. The first kappa shape index (κ1) is 20.8. The minimum absolute atomic E-state index is 0.00815. The Hall–Kier alpha value is -2.41. The Morgan fingerprint density at radius 2 is 1.93 bits per heavy atom. The van der Waals surface area contributed by atoms with Crippen molar-refractivity contribution >= 4 is 28.9 Å². The van der Waals surface area contributed by atoms with Crippen LogP contribution in [0.15, 0.2) is 54.7 Å². The first-order valence-electron chi connectivity index (χ1n) is 10.0. The SMILES string of the molecule is Cc1cc([C@H]2[C@H](c3ccccn3)NC(=S)N2CCCO)c(C)n1-c1ccc(Cl)cc1. The largest absolute Gasteiger partial charge is 0.396 e. The number of halogens is 1. The number of thiocarbonyl (C=S) groups is 1. The molecular weight excluding hydrogens is 416 g/mol. The fourth-order valence-electron chi connectivity index (χ4n) is 4.30. The van der Waals surface area contributed by atoms with Gasteiger partial charge in [0.15, 0.2) is 5.11 Å². The van der Waals surface area contributed by atoms with Crippen molar-refractivity contribution in [3.05, 3.63) is 82.4 Å². The average molecular weight is 441 g/mol. The van der Waals surface area contributed by atoms with Crippen LogP contribution in [-0.2, 0) is 0 Å². The topological polar surface area (TPSA) is 53.3 Å².